The molecule has 0 amide bonds. The Kier molecular flexibility index (Phi) is 4.17. The lowest BCUT2D eigenvalue weighted by Gasteiger charge is -2.07. The molecule has 2 aromatic rings. The molecule has 0 unspecified atom stereocenters. The first-order chi connectivity index (χ1) is 9.38. The zero-order valence-corrected chi connectivity index (χ0v) is 12.1. The van der Waals surface area contributed by atoms with Gasteiger partial charge in [-0.1, -0.05) is 11.6 Å². The first-order valence-corrected chi connectivity index (χ1v) is 7.43. The molecule has 0 bridgehead atoms. The van der Waals surface area contributed by atoms with Crippen molar-refractivity contribution in [3.05, 3.63) is 41.1 Å². The van der Waals surface area contributed by atoms with Crippen LogP contribution in [0.1, 0.15) is 11.4 Å². The number of aromatic nitrogens is 3. The monoisotopic (exact) mass is 313 g/mol. The number of aryl methyl sites for hydroxylation is 1. The average molecular weight is 314 g/mol. The van der Waals surface area contributed by atoms with E-state index in [-0.39, 0.29) is 22.3 Å². The summed E-state index contributed by atoms with van der Waals surface area (Å²) < 4.78 is 26.5. The van der Waals surface area contributed by atoms with E-state index in [1.807, 2.05) is 0 Å². The van der Waals surface area contributed by atoms with Gasteiger partial charge < -0.3 is 5.73 Å². The summed E-state index contributed by atoms with van der Waals surface area (Å²) in [6.07, 6.45) is 4.21. The smallest absolute Gasteiger partial charge is 0.242 e. The highest BCUT2D eigenvalue weighted by Gasteiger charge is 2.16. The minimum absolute atomic E-state index is 0.0254. The van der Waals surface area contributed by atoms with Crippen LogP contribution in [0.25, 0.3) is 0 Å². The Labute approximate surface area is 121 Å². The Morgan fingerprint density at radius 1 is 1.25 bits per heavy atom. The molecule has 2 heterocycles. The lowest BCUT2D eigenvalue weighted by molar-refractivity contribution is 0.580. The predicted molar refractivity (Wildman–Crippen MR) is 74.5 cm³/mol. The van der Waals surface area contributed by atoms with Gasteiger partial charge in [0.15, 0.2) is 0 Å². The maximum absolute atomic E-state index is 12.0. The summed E-state index contributed by atoms with van der Waals surface area (Å²) >= 11 is 5.75. The molecule has 0 fully saturated rings. The van der Waals surface area contributed by atoms with Gasteiger partial charge in [-0.05, 0) is 13.0 Å². The van der Waals surface area contributed by atoms with E-state index in [1.54, 1.807) is 13.1 Å². The van der Waals surface area contributed by atoms with Crippen LogP contribution in [0.5, 0.6) is 0 Å². The van der Waals surface area contributed by atoms with E-state index in [9.17, 15) is 8.42 Å². The Bertz CT molecular complexity index is 718. The summed E-state index contributed by atoms with van der Waals surface area (Å²) in [6.45, 7) is 1.82. The molecule has 0 aliphatic carbocycles. The molecule has 7 nitrogen and oxygen atoms in total. The first kappa shape index (κ1) is 14.6. The Morgan fingerprint density at radius 2 is 2.00 bits per heavy atom. The van der Waals surface area contributed by atoms with Gasteiger partial charge in [0.1, 0.15) is 10.7 Å². The second-order valence-electron chi connectivity index (χ2n) is 4.01. The van der Waals surface area contributed by atoms with E-state index in [0.717, 1.165) is 11.9 Å². The van der Waals surface area contributed by atoms with Crippen molar-refractivity contribution in [3.8, 4) is 0 Å². The largest absolute Gasteiger partial charge is 0.382 e. The molecule has 0 aliphatic rings. The highest BCUT2D eigenvalue weighted by atomic mass is 35.5. The minimum Gasteiger partial charge on any atom is -0.382 e. The summed E-state index contributed by atoms with van der Waals surface area (Å²) in [5, 5.41) is 0.0861. The molecular weight excluding hydrogens is 302 g/mol. The fourth-order valence-corrected chi connectivity index (χ4v) is 2.54. The van der Waals surface area contributed by atoms with E-state index >= 15 is 0 Å². The lowest BCUT2D eigenvalue weighted by Crippen LogP contribution is -2.24. The molecule has 2 rings (SSSR count). The van der Waals surface area contributed by atoms with Crippen molar-refractivity contribution in [1.29, 1.82) is 0 Å². The summed E-state index contributed by atoms with van der Waals surface area (Å²) in [6, 6.07) is 1.24. The van der Waals surface area contributed by atoms with Gasteiger partial charge in [0.25, 0.3) is 0 Å². The fraction of sp³-hybridized carbons (Fsp3) is 0.182. The van der Waals surface area contributed by atoms with Gasteiger partial charge in [-0.3, -0.25) is 9.97 Å². The number of nitrogen functional groups attached to an aromatic ring is 1. The van der Waals surface area contributed by atoms with Gasteiger partial charge in [0, 0.05) is 12.4 Å². The zero-order valence-electron chi connectivity index (χ0n) is 10.5. The molecule has 3 N–H and O–H groups in total. The normalized spacial score (nSPS) is 11.5. The van der Waals surface area contributed by atoms with Gasteiger partial charge in [-0.15, -0.1) is 0 Å². The number of sulfonamides is 1. The predicted octanol–water partition coefficient (Wildman–Crippen LogP) is 0.894. The zero-order chi connectivity index (χ0) is 14.8. The quantitative estimate of drug-likeness (QED) is 0.867. The van der Waals surface area contributed by atoms with Crippen LogP contribution in [0.15, 0.2) is 29.6 Å². The number of nitrogens with zero attached hydrogens (tertiary/aromatic N) is 3. The van der Waals surface area contributed by atoms with E-state index < -0.39 is 10.0 Å². The number of nitrogens with one attached hydrogen (secondary N) is 1. The highest BCUT2D eigenvalue weighted by molar-refractivity contribution is 7.89. The van der Waals surface area contributed by atoms with Crippen LogP contribution < -0.4 is 10.5 Å². The summed E-state index contributed by atoms with van der Waals surface area (Å²) in [5.41, 5.74) is 6.70. The van der Waals surface area contributed by atoms with Crippen molar-refractivity contribution >= 4 is 27.4 Å². The van der Waals surface area contributed by atoms with Crippen molar-refractivity contribution in [1.82, 2.24) is 19.7 Å². The van der Waals surface area contributed by atoms with Crippen LogP contribution in [-0.2, 0) is 16.6 Å². The molecule has 20 heavy (non-hydrogen) atoms. The number of rotatable bonds is 4. The molecule has 0 spiro atoms. The number of pyridine rings is 1. The average Bonchev–Trinajstić information content (AvgIpc) is 2.41. The summed E-state index contributed by atoms with van der Waals surface area (Å²) in [4.78, 5) is 11.7. The molecule has 0 atom stereocenters. The van der Waals surface area contributed by atoms with Crippen LogP contribution >= 0.6 is 11.6 Å². The van der Waals surface area contributed by atoms with E-state index in [2.05, 4.69) is 19.7 Å². The first-order valence-electron chi connectivity index (χ1n) is 5.57. The van der Waals surface area contributed by atoms with Crippen molar-refractivity contribution in [2.24, 2.45) is 0 Å². The van der Waals surface area contributed by atoms with Crippen molar-refractivity contribution in [2.75, 3.05) is 5.73 Å². The molecule has 0 aliphatic heterocycles. The maximum atomic E-state index is 12.0. The molecule has 0 radical (unpaired) electrons. The SMILES string of the molecule is Cc1cnc(CNS(=O)(=O)c2cnc(N)c(Cl)c2)cn1. The van der Waals surface area contributed by atoms with Crippen molar-refractivity contribution < 1.29 is 8.42 Å². The van der Waals surface area contributed by atoms with E-state index in [0.29, 0.717) is 5.69 Å². The molecule has 0 aromatic carbocycles. The topological polar surface area (TPSA) is 111 Å². The molecule has 0 saturated carbocycles. The number of anilines is 1. The number of hydrogen-bond donors (Lipinski definition) is 2. The third-order valence-electron chi connectivity index (χ3n) is 2.43. The van der Waals surface area contributed by atoms with E-state index in [4.69, 9.17) is 17.3 Å². The fourth-order valence-electron chi connectivity index (χ4n) is 1.34. The van der Waals surface area contributed by atoms with Crippen LogP contribution in [0, 0.1) is 6.92 Å². The van der Waals surface area contributed by atoms with E-state index in [1.165, 1.54) is 12.3 Å². The van der Waals surface area contributed by atoms with Gasteiger partial charge in [-0.25, -0.2) is 18.1 Å². The Hall–Kier alpha value is -1.77. The molecule has 9 heteroatoms. The van der Waals surface area contributed by atoms with Gasteiger partial charge in [-0.2, -0.15) is 0 Å². The number of nitrogens with two attached hydrogens (primary N) is 1. The highest BCUT2D eigenvalue weighted by Crippen LogP contribution is 2.19. The second kappa shape index (κ2) is 5.70. The Balaban J connectivity index is 2.14. The van der Waals surface area contributed by atoms with Crippen LogP contribution in [0.4, 0.5) is 5.82 Å². The van der Waals surface area contributed by atoms with Crippen molar-refractivity contribution in [2.45, 2.75) is 18.4 Å². The van der Waals surface area contributed by atoms with Gasteiger partial charge in [0.2, 0.25) is 10.0 Å². The van der Waals surface area contributed by atoms with Crippen LogP contribution in [-0.4, -0.2) is 23.4 Å². The van der Waals surface area contributed by atoms with Crippen molar-refractivity contribution in [3.63, 3.8) is 0 Å². The molecule has 106 valence electrons. The number of halogens is 1. The molecular formula is C11H12ClN5O2S. The van der Waals surface area contributed by atoms with Gasteiger partial charge >= 0.3 is 0 Å². The molecule has 2 aromatic heterocycles. The maximum Gasteiger partial charge on any atom is 0.242 e. The lowest BCUT2D eigenvalue weighted by atomic mass is 10.4. The third-order valence-corrected chi connectivity index (χ3v) is 4.10. The standard InChI is InChI=1S/C11H12ClN5O2S/c1-7-3-15-8(4-14-7)5-17-20(18,19)9-2-10(12)11(13)16-6-9/h2-4,6,17H,5H2,1H3,(H2,13,16). The second-order valence-corrected chi connectivity index (χ2v) is 6.19. The number of hydrogen-bond acceptors (Lipinski definition) is 6. The minimum atomic E-state index is -3.73. The third kappa shape index (κ3) is 3.41. The van der Waals surface area contributed by atoms with Crippen LogP contribution in [0.2, 0.25) is 5.02 Å². The van der Waals surface area contributed by atoms with Gasteiger partial charge in [0.05, 0.1) is 29.2 Å². The Morgan fingerprint density at radius 3 is 2.60 bits per heavy atom. The van der Waals surface area contributed by atoms with Crippen LogP contribution in [0.3, 0.4) is 0 Å². The summed E-state index contributed by atoms with van der Waals surface area (Å²) in [7, 11) is -3.73. The summed E-state index contributed by atoms with van der Waals surface area (Å²) in [5.74, 6) is 0.0787. The molecule has 0 saturated heterocycles.